The first-order valence-electron chi connectivity index (χ1n) is 6.98. The fourth-order valence-corrected chi connectivity index (χ4v) is 4.89. The molecule has 0 radical (unpaired) electrons. The third-order valence-corrected chi connectivity index (χ3v) is 5.91. The maximum atomic E-state index is 12.8. The highest BCUT2D eigenvalue weighted by atomic mass is 32.1. The van der Waals surface area contributed by atoms with Gasteiger partial charge in [-0.1, -0.05) is 13.8 Å². The molecule has 2 unspecified atom stereocenters. The highest BCUT2D eigenvalue weighted by Gasteiger charge is 2.26. The van der Waals surface area contributed by atoms with Crippen LogP contribution >= 0.6 is 22.7 Å². The van der Waals surface area contributed by atoms with Crippen molar-refractivity contribution in [2.24, 2.45) is 0 Å². The number of thiophene rings is 2. The van der Waals surface area contributed by atoms with Gasteiger partial charge in [-0.05, 0) is 51.0 Å². The molecule has 0 bridgehead atoms. The lowest BCUT2D eigenvalue weighted by Crippen LogP contribution is -2.16. The number of hydrogen-bond donors (Lipinski definition) is 0. The molecule has 0 N–H and O–H groups in total. The van der Waals surface area contributed by atoms with E-state index in [2.05, 4.69) is 39.8 Å². The smallest absolute Gasteiger partial charge is 0.147 e. The molecule has 0 aromatic carbocycles. The Hall–Kier alpha value is -0.930. The van der Waals surface area contributed by atoms with Crippen LogP contribution in [0.4, 0.5) is 0 Å². The van der Waals surface area contributed by atoms with Crippen molar-refractivity contribution in [1.82, 2.24) is 0 Å². The summed E-state index contributed by atoms with van der Waals surface area (Å²) in [6.45, 7) is 12.5. The van der Waals surface area contributed by atoms with Crippen molar-refractivity contribution >= 4 is 28.5 Å². The number of aryl methyl sites for hydroxylation is 4. The second-order valence-electron chi connectivity index (χ2n) is 5.58. The molecule has 0 saturated carbocycles. The normalized spacial score (nSPS) is 14.3. The summed E-state index contributed by atoms with van der Waals surface area (Å²) in [6.07, 6.45) is 0. The molecule has 0 aliphatic rings. The van der Waals surface area contributed by atoms with E-state index in [0.717, 1.165) is 0 Å². The summed E-state index contributed by atoms with van der Waals surface area (Å²) in [7, 11) is 0. The van der Waals surface area contributed by atoms with E-state index in [4.69, 9.17) is 0 Å². The van der Waals surface area contributed by atoms with Gasteiger partial charge in [0.05, 0.1) is 0 Å². The summed E-state index contributed by atoms with van der Waals surface area (Å²) < 4.78 is 0. The first-order chi connectivity index (χ1) is 9.31. The van der Waals surface area contributed by atoms with E-state index >= 15 is 0 Å². The van der Waals surface area contributed by atoms with Crippen LogP contribution in [-0.4, -0.2) is 5.78 Å². The molecule has 0 aliphatic carbocycles. The predicted molar refractivity (Wildman–Crippen MR) is 89.4 cm³/mol. The topological polar surface area (TPSA) is 17.1 Å². The summed E-state index contributed by atoms with van der Waals surface area (Å²) in [6, 6.07) is 4.34. The highest BCUT2D eigenvalue weighted by Crippen LogP contribution is 2.34. The Morgan fingerprint density at radius 2 is 1.20 bits per heavy atom. The first-order valence-corrected chi connectivity index (χ1v) is 8.62. The largest absolute Gasteiger partial charge is 0.298 e. The van der Waals surface area contributed by atoms with Crippen molar-refractivity contribution in [2.45, 2.75) is 53.4 Å². The van der Waals surface area contributed by atoms with Gasteiger partial charge in [-0.15, -0.1) is 22.7 Å². The lowest BCUT2D eigenvalue weighted by Gasteiger charge is -2.16. The number of Topliss-reactive ketones (excluding diaryl/α,β-unsaturated/α-hetero) is 1. The van der Waals surface area contributed by atoms with Crippen LogP contribution in [0.15, 0.2) is 12.1 Å². The molecule has 108 valence electrons. The van der Waals surface area contributed by atoms with Crippen LogP contribution in [0.1, 0.15) is 56.3 Å². The lowest BCUT2D eigenvalue weighted by molar-refractivity contribution is -0.121. The molecule has 0 saturated heterocycles. The van der Waals surface area contributed by atoms with Crippen LogP contribution in [0.2, 0.25) is 0 Å². The highest BCUT2D eigenvalue weighted by molar-refractivity contribution is 7.12. The quantitative estimate of drug-likeness (QED) is 0.727. The number of ketones is 1. The molecule has 2 aromatic heterocycles. The Labute approximate surface area is 129 Å². The number of hydrogen-bond acceptors (Lipinski definition) is 3. The van der Waals surface area contributed by atoms with E-state index in [9.17, 15) is 4.79 Å². The number of rotatable bonds is 4. The molecule has 0 fully saturated rings. The predicted octanol–water partition coefficient (Wildman–Crippen LogP) is 5.52. The molecule has 3 heteroatoms. The lowest BCUT2D eigenvalue weighted by atomic mass is 9.86. The van der Waals surface area contributed by atoms with Gasteiger partial charge in [0.2, 0.25) is 0 Å². The summed E-state index contributed by atoms with van der Waals surface area (Å²) in [5, 5.41) is 0. The molecule has 2 heterocycles. The van der Waals surface area contributed by atoms with Crippen LogP contribution in [0.25, 0.3) is 0 Å². The van der Waals surface area contributed by atoms with Gasteiger partial charge in [-0.3, -0.25) is 4.79 Å². The van der Waals surface area contributed by atoms with E-state index < -0.39 is 0 Å². The zero-order valence-corrected chi connectivity index (χ0v) is 14.7. The Morgan fingerprint density at radius 3 is 1.45 bits per heavy atom. The number of carbonyl (C=O) groups is 1. The van der Waals surface area contributed by atoms with E-state index in [1.165, 1.54) is 30.6 Å². The Balaban J connectivity index is 2.27. The van der Waals surface area contributed by atoms with Crippen molar-refractivity contribution in [1.29, 1.82) is 0 Å². The average molecular weight is 306 g/mol. The third kappa shape index (κ3) is 2.89. The fourth-order valence-electron chi connectivity index (χ4n) is 2.84. The molecule has 2 aromatic rings. The minimum atomic E-state index is -0.0189. The molecule has 2 atom stereocenters. The van der Waals surface area contributed by atoms with E-state index in [1.807, 2.05) is 13.8 Å². The first kappa shape index (κ1) is 15.5. The monoisotopic (exact) mass is 306 g/mol. The fraction of sp³-hybridized carbons (Fsp3) is 0.471. The van der Waals surface area contributed by atoms with Gasteiger partial charge in [0.15, 0.2) is 0 Å². The molecule has 1 nitrogen and oxygen atoms in total. The van der Waals surface area contributed by atoms with E-state index in [1.54, 1.807) is 22.7 Å². The van der Waals surface area contributed by atoms with Crippen LogP contribution in [0, 0.1) is 27.7 Å². The van der Waals surface area contributed by atoms with Crippen molar-refractivity contribution in [3.8, 4) is 0 Å². The van der Waals surface area contributed by atoms with Gasteiger partial charge < -0.3 is 0 Å². The Morgan fingerprint density at radius 1 is 0.850 bits per heavy atom. The maximum Gasteiger partial charge on any atom is 0.147 e. The van der Waals surface area contributed by atoms with Gasteiger partial charge in [0.25, 0.3) is 0 Å². The SMILES string of the molecule is Cc1cc(C(C)C(=O)C(C)c2cc(C)sc2C)c(C)s1. The molecule has 2 rings (SSSR count). The van der Waals surface area contributed by atoms with Gasteiger partial charge in [0, 0.05) is 31.3 Å². The van der Waals surface area contributed by atoms with Crippen LogP contribution in [0.3, 0.4) is 0 Å². The van der Waals surface area contributed by atoms with Gasteiger partial charge in [-0.25, -0.2) is 0 Å². The summed E-state index contributed by atoms with van der Waals surface area (Å²) in [4.78, 5) is 17.9. The van der Waals surface area contributed by atoms with Crippen LogP contribution in [0.5, 0.6) is 0 Å². The maximum absolute atomic E-state index is 12.8. The zero-order chi connectivity index (χ0) is 15.0. The Kier molecular flexibility index (Phi) is 4.50. The molecule has 0 amide bonds. The standard InChI is InChI=1S/C17H22OS2/c1-9-7-15(13(5)19-9)11(3)17(18)12(4)16-8-10(2)20-14(16)6/h7-8,11-12H,1-6H3. The average Bonchev–Trinajstić information content (AvgIpc) is 2.88. The second kappa shape index (κ2) is 5.82. The van der Waals surface area contributed by atoms with Crippen molar-refractivity contribution in [3.05, 3.63) is 42.8 Å². The summed E-state index contributed by atoms with van der Waals surface area (Å²) in [5.74, 6) is 0.288. The van der Waals surface area contributed by atoms with Gasteiger partial charge >= 0.3 is 0 Å². The van der Waals surface area contributed by atoms with Crippen molar-refractivity contribution < 1.29 is 4.79 Å². The van der Waals surface area contributed by atoms with Gasteiger partial charge in [-0.2, -0.15) is 0 Å². The van der Waals surface area contributed by atoms with Crippen molar-refractivity contribution in [3.63, 3.8) is 0 Å². The third-order valence-electron chi connectivity index (χ3n) is 3.95. The summed E-state index contributed by atoms with van der Waals surface area (Å²) >= 11 is 3.56. The summed E-state index contributed by atoms with van der Waals surface area (Å²) in [5.41, 5.74) is 2.41. The molecular formula is C17H22OS2. The van der Waals surface area contributed by atoms with Crippen LogP contribution < -0.4 is 0 Å². The molecule has 0 aliphatic heterocycles. The molecule has 20 heavy (non-hydrogen) atoms. The minimum absolute atomic E-state index is 0.0189. The minimum Gasteiger partial charge on any atom is -0.298 e. The van der Waals surface area contributed by atoms with E-state index in [0.29, 0.717) is 5.78 Å². The zero-order valence-electron chi connectivity index (χ0n) is 13.0. The Bertz CT molecular complexity index is 579. The number of carbonyl (C=O) groups excluding carboxylic acids is 1. The van der Waals surface area contributed by atoms with Crippen molar-refractivity contribution in [2.75, 3.05) is 0 Å². The molecule has 0 spiro atoms. The van der Waals surface area contributed by atoms with E-state index in [-0.39, 0.29) is 11.8 Å². The second-order valence-corrected chi connectivity index (χ2v) is 8.50. The van der Waals surface area contributed by atoms with Gasteiger partial charge in [0.1, 0.15) is 5.78 Å². The van der Waals surface area contributed by atoms with Crippen LogP contribution in [-0.2, 0) is 4.79 Å². The molecular weight excluding hydrogens is 284 g/mol.